The number of ether oxygens (including phenoxy) is 1. The molecule has 0 bridgehead atoms. The van der Waals surface area contributed by atoms with E-state index in [-0.39, 0.29) is 11.8 Å². The van der Waals surface area contributed by atoms with E-state index in [9.17, 15) is 4.79 Å². The summed E-state index contributed by atoms with van der Waals surface area (Å²) < 4.78 is 10.1. The first-order valence-corrected chi connectivity index (χ1v) is 6.64. The molecule has 2 rings (SSSR count). The maximum Gasteiger partial charge on any atom is 0.396 e. The molecular weight excluding hydrogens is 256 g/mol. The summed E-state index contributed by atoms with van der Waals surface area (Å²) in [5, 5.41) is 7.77. The number of carbonyl (C=O) groups is 1. The van der Waals surface area contributed by atoms with Crippen molar-refractivity contribution in [2.75, 3.05) is 7.11 Å². The number of hydrogen-bond donors (Lipinski definition) is 0. The zero-order valence-corrected chi connectivity index (χ0v) is 11.9. The van der Waals surface area contributed by atoms with E-state index < -0.39 is 5.97 Å². The monoisotopic (exact) mass is 274 g/mol. The molecule has 2 aromatic rings. The van der Waals surface area contributed by atoms with Crippen LogP contribution in [0.3, 0.4) is 0 Å². The molecule has 0 radical (unpaired) electrons. The molecule has 106 valence electrons. The van der Waals surface area contributed by atoms with Crippen molar-refractivity contribution in [1.82, 2.24) is 10.2 Å². The highest BCUT2D eigenvalue weighted by Crippen LogP contribution is 2.32. The van der Waals surface area contributed by atoms with Crippen molar-refractivity contribution >= 4 is 5.97 Å². The zero-order chi connectivity index (χ0) is 14.5. The fraction of sp³-hybridized carbons (Fsp3) is 0.400. The Morgan fingerprint density at radius 1 is 1.30 bits per heavy atom. The smallest absolute Gasteiger partial charge is 0.396 e. The molecule has 2 unspecified atom stereocenters. The van der Waals surface area contributed by atoms with Crippen molar-refractivity contribution in [3.63, 3.8) is 0 Å². The second-order valence-corrected chi connectivity index (χ2v) is 4.71. The molecule has 0 aliphatic rings. The van der Waals surface area contributed by atoms with Gasteiger partial charge in [0.1, 0.15) is 0 Å². The highest BCUT2D eigenvalue weighted by atomic mass is 16.5. The van der Waals surface area contributed by atoms with Crippen LogP contribution in [0.25, 0.3) is 0 Å². The average molecular weight is 274 g/mol. The van der Waals surface area contributed by atoms with Crippen LogP contribution in [0, 0.1) is 5.92 Å². The van der Waals surface area contributed by atoms with E-state index in [0.29, 0.717) is 11.8 Å². The Morgan fingerprint density at radius 2 is 2.00 bits per heavy atom. The van der Waals surface area contributed by atoms with Gasteiger partial charge in [-0.2, -0.15) is 0 Å². The minimum Gasteiger partial charge on any atom is -0.462 e. The topological polar surface area (TPSA) is 65.2 Å². The lowest BCUT2D eigenvalue weighted by molar-refractivity contribution is 0.0553. The molecule has 5 heteroatoms. The fourth-order valence-corrected chi connectivity index (χ4v) is 2.14. The van der Waals surface area contributed by atoms with Gasteiger partial charge < -0.3 is 9.15 Å². The Morgan fingerprint density at radius 3 is 2.60 bits per heavy atom. The van der Waals surface area contributed by atoms with Crippen LogP contribution in [-0.2, 0) is 4.74 Å². The number of hydrogen-bond acceptors (Lipinski definition) is 5. The maximum absolute atomic E-state index is 11.4. The molecule has 0 N–H and O–H groups in total. The highest BCUT2D eigenvalue weighted by Gasteiger charge is 2.27. The molecule has 2 atom stereocenters. The molecule has 0 saturated carbocycles. The molecule has 0 aliphatic carbocycles. The van der Waals surface area contributed by atoms with Crippen LogP contribution in [0.1, 0.15) is 48.3 Å². The lowest BCUT2D eigenvalue weighted by atomic mass is 9.85. The van der Waals surface area contributed by atoms with Gasteiger partial charge >= 0.3 is 11.9 Å². The largest absolute Gasteiger partial charge is 0.462 e. The number of carbonyl (C=O) groups excluding carboxylic acids is 1. The summed E-state index contributed by atoms with van der Waals surface area (Å²) in [5.74, 6) is 0.0350. The van der Waals surface area contributed by atoms with Gasteiger partial charge in [0.25, 0.3) is 0 Å². The number of benzene rings is 1. The minimum absolute atomic E-state index is 0.0212. The van der Waals surface area contributed by atoms with Crippen molar-refractivity contribution in [2.24, 2.45) is 5.92 Å². The average Bonchev–Trinajstić information content (AvgIpc) is 2.97. The van der Waals surface area contributed by atoms with Gasteiger partial charge in [0.15, 0.2) is 0 Å². The SMILES string of the molecule is CCC(C)C(c1ccccc1)c1nnc(C(=O)OC)o1. The third-order valence-electron chi connectivity index (χ3n) is 3.44. The van der Waals surface area contributed by atoms with E-state index in [1.807, 2.05) is 30.3 Å². The lowest BCUT2D eigenvalue weighted by Gasteiger charge is -2.19. The van der Waals surface area contributed by atoms with Crippen molar-refractivity contribution < 1.29 is 13.9 Å². The standard InChI is InChI=1S/C15H18N2O3/c1-4-10(2)12(11-8-6-5-7-9-11)13-16-17-14(20-13)15(18)19-3/h5-10,12H,4H2,1-3H3. The van der Waals surface area contributed by atoms with Crippen LogP contribution >= 0.6 is 0 Å². The summed E-state index contributed by atoms with van der Waals surface area (Å²) in [6.45, 7) is 4.23. The van der Waals surface area contributed by atoms with Crippen molar-refractivity contribution in [2.45, 2.75) is 26.2 Å². The quantitative estimate of drug-likeness (QED) is 0.784. The Bertz CT molecular complexity index is 566. The zero-order valence-electron chi connectivity index (χ0n) is 11.9. The molecule has 0 fully saturated rings. The summed E-state index contributed by atoms with van der Waals surface area (Å²) in [5.41, 5.74) is 1.10. The molecule has 5 nitrogen and oxygen atoms in total. The predicted octanol–water partition coefficient (Wildman–Crippen LogP) is 3.03. The predicted molar refractivity (Wildman–Crippen MR) is 73.4 cm³/mol. The molecular formula is C15H18N2O3. The van der Waals surface area contributed by atoms with E-state index in [1.54, 1.807) is 0 Å². The van der Waals surface area contributed by atoms with Crippen molar-refractivity contribution in [1.29, 1.82) is 0 Å². The van der Waals surface area contributed by atoms with Gasteiger partial charge in [-0.15, -0.1) is 10.2 Å². The Labute approximate surface area is 118 Å². The second-order valence-electron chi connectivity index (χ2n) is 4.71. The second kappa shape index (κ2) is 6.32. The molecule has 0 amide bonds. The van der Waals surface area contributed by atoms with Gasteiger partial charge in [0.2, 0.25) is 5.89 Å². The number of rotatable bonds is 5. The van der Waals surface area contributed by atoms with Gasteiger partial charge in [-0.25, -0.2) is 4.79 Å². The molecule has 0 aliphatic heterocycles. The van der Waals surface area contributed by atoms with E-state index in [2.05, 4.69) is 28.8 Å². The first kappa shape index (κ1) is 14.2. The molecule has 1 aromatic heterocycles. The van der Waals surface area contributed by atoms with Gasteiger partial charge in [0.05, 0.1) is 13.0 Å². The first-order valence-electron chi connectivity index (χ1n) is 6.64. The highest BCUT2D eigenvalue weighted by molar-refractivity contribution is 5.83. The molecule has 20 heavy (non-hydrogen) atoms. The third kappa shape index (κ3) is 2.87. The van der Waals surface area contributed by atoms with Crippen LogP contribution in [0.2, 0.25) is 0 Å². The fourth-order valence-electron chi connectivity index (χ4n) is 2.14. The molecule has 0 spiro atoms. The van der Waals surface area contributed by atoms with Crippen molar-refractivity contribution in [3.05, 3.63) is 47.7 Å². The maximum atomic E-state index is 11.4. The minimum atomic E-state index is -0.611. The Balaban J connectivity index is 2.37. The van der Waals surface area contributed by atoms with Crippen LogP contribution in [-0.4, -0.2) is 23.3 Å². The summed E-state index contributed by atoms with van der Waals surface area (Å²) in [4.78, 5) is 11.4. The number of nitrogens with zero attached hydrogens (tertiary/aromatic N) is 2. The third-order valence-corrected chi connectivity index (χ3v) is 3.44. The molecule has 1 aromatic carbocycles. The summed E-state index contributed by atoms with van der Waals surface area (Å²) in [6.07, 6.45) is 0.968. The first-order chi connectivity index (χ1) is 9.67. The van der Waals surface area contributed by atoms with Crippen LogP contribution in [0.15, 0.2) is 34.7 Å². The number of methoxy groups -OCH3 is 1. The summed E-state index contributed by atoms with van der Waals surface area (Å²) in [7, 11) is 1.29. The van der Waals surface area contributed by atoms with E-state index in [4.69, 9.17) is 4.42 Å². The lowest BCUT2D eigenvalue weighted by Crippen LogP contribution is -2.11. The van der Waals surface area contributed by atoms with E-state index in [1.165, 1.54) is 7.11 Å². The van der Waals surface area contributed by atoms with Gasteiger partial charge in [0, 0.05) is 0 Å². The normalized spacial score (nSPS) is 13.8. The Kier molecular flexibility index (Phi) is 4.50. The van der Waals surface area contributed by atoms with Crippen LogP contribution in [0.4, 0.5) is 0 Å². The van der Waals surface area contributed by atoms with Crippen LogP contribution < -0.4 is 0 Å². The van der Waals surface area contributed by atoms with Crippen LogP contribution in [0.5, 0.6) is 0 Å². The summed E-state index contributed by atoms with van der Waals surface area (Å²) >= 11 is 0. The van der Waals surface area contributed by atoms with E-state index in [0.717, 1.165) is 12.0 Å². The molecule has 0 saturated heterocycles. The summed E-state index contributed by atoms with van der Waals surface area (Å²) in [6, 6.07) is 9.97. The number of esters is 1. The molecule has 1 heterocycles. The van der Waals surface area contributed by atoms with E-state index >= 15 is 0 Å². The van der Waals surface area contributed by atoms with Gasteiger partial charge in [-0.1, -0.05) is 50.6 Å². The van der Waals surface area contributed by atoms with Crippen molar-refractivity contribution in [3.8, 4) is 0 Å². The van der Waals surface area contributed by atoms with Gasteiger partial charge in [-0.3, -0.25) is 0 Å². The number of aromatic nitrogens is 2. The van der Waals surface area contributed by atoms with Gasteiger partial charge in [-0.05, 0) is 11.5 Å². The Hall–Kier alpha value is -2.17.